The fourth-order valence-corrected chi connectivity index (χ4v) is 3.43. The number of hydrogen-bond donors (Lipinski definition) is 2. The molecule has 2 N–H and O–H groups in total. The molecule has 3 heterocycles. The molecule has 0 fully saturated rings. The van der Waals surface area contributed by atoms with Gasteiger partial charge >= 0.3 is 6.03 Å². The van der Waals surface area contributed by atoms with Crippen molar-refractivity contribution in [3.63, 3.8) is 0 Å². The predicted octanol–water partition coefficient (Wildman–Crippen LogP) is 4.11. The number of benzene rings is 1. The second kappa shape index (κ2) is 8.57. The third kappa shape index (κ3) is 4.41. The van der Waals surface area contributed by atoms with Gasteiger partial charge in [0.1, 0.15) is 12.1 Å². The number of carbonyl (C=O) groups is 1. The van der Waals surface area contributed by atoms with E-state index in [1.807, 2.05) is 62.8 Å². The van der Waals surface area contributed by atoms with E-state index < -0.39 is 0 Å². The van der Waals surface area contributed by atoms with Crippen molar-refractivity contribution in [1.29, 1.82) is 0 Å². The molecular weight excluding hydrogens is 394 g/mol. The molecule has 0 unspecified atom stereocenters. The minimum atomic E-state index is -0.274. The van der Waals surface area contributed by atoms with E-state index in [9.17, 15) is 4.79 Å². The van der Waals surface area contributed by atoms with Crippen LogP contribution in [0.4, 0.5) is 10.6 Å². The summed E-state index contributed by atoms with van der Waals surface area (Å²) in [5.41, 5.74) is 2.60. The van der Waals surface area contributed by atoms with Crippen LogP contribution >= 0.6 is 0 Å². The highest BCUT2D eigenvalue weighted by atomic mass is 16.5. The first-order chi connectivity index (χ1) is 14.9. The zero-order chi connectivity index (χ0) is 22.0. The Balaban J connectivity index is 1.52. The van der Waals surface area contributed by atoms with Gasteiger partial charge in [-0.1, -0.05) is 0 Å². The van der Waals surface area contributed by atoms with Crippen molar-refractivity contribution in [2.75, 3.05) is 12.4 Å². The van der Waals surface area contributed by atoms with E-state index in [1.54, 1.807) is 16.8 Å². The molecule has 0 radical (unpaired) electrons. The predicted molar refractivity (Wildman–Crippen MR) is 119 cm³/mol. The van der Waals surface area contributed by atoms with Crippen molar-refractivity contribution in [2.24, 2.45) is 0 Å². The Morgan fingerprint density at radius 2 is 2.00 bits per heavy atom. The third-order valence-corrected chi connectivity index (χ3v) is 4.81. The fourth-order valence-electron chi connectivity index (χ4n) is 3.43. The second-order valence-corrected chi connectivity index (χ2v) is 7.53. The largest absolute Gasteiger partial charge is 0.439 e. The van der Waals surface area contributed by atoms with E-state index in [1.165, 1.54) is 6.33 Å². The number of nitrogens with one attached hydrogen (secondary N) is 2. The molecule has 0 atom stereocenters. The van der Waals surface area contributed by atoms with E-state index in [0.29, 0.717) is 24.0 Å². The lowest BCUT2D eigenvalue weighted by Gasteiger charge is -2.08. The molecule has 0 spiro atoms. The minimum absolute atomic E-state index is 0.223. The molecule has 9 nitrogen and oxygen atoms in total. The van der Waals surface area contributed by atoms with Gasteiger partial charge in [0.25, 0.3) is 0 Å². The number of nitrogens with zero attached hydrogens (tertiary/aromatic N) is 5. The van der Waals surface area contributed by atoms with Crippen molar-refractivity contribution >= 4 is 22.8 Å². The molecule has 0 aliphatic carbocycles. The lowest BCUT2D eigenvalue weighted by Crippen LogP contribution is -2.19. The number of anilines is 1. The van der Waals surface area contributed by atoms with Gasteiger partial charge in [0.2, 0.25) is 5.88 Å². The maximum absolute atomic E-state index is 12.8. The first-order valence-electron chi connectivity index (χ1n) is 10.1. The Morgan fingerprint density at radius 3 is 2.74 bits per heavy atom. The summed E-state index contributed by atoms with van der Waals surface area (Å²) in [6.45, 7) is 6.70. The summed E-state index contributed by atoms with van der Waals surface area (Å²) >= 11 is 0. The maximum atomic E-state index is 12.8. The highest BCUT2D eigenvalue weighted by Crippen LogP contribution is 2.26. The van der Waals surface area contributed by atoms with Gasteiger partial charge in [-0.05, 0) is 52.1 Å². The molecule has 0 bridgehead atoms. The van der Waals surface area contributed by atoms with Gasteiger partial charge < -0.3 is 10.1 Å². The van der Waals surface area contributed by atoms with Crippen LogP contribution < -0.4 is 15.4 Å². The van der Waals surface area contributed by atoms with Gasteiger partial charge in [-0.3, -0.25) is 14.6 Å². The third-order valence-electron chi connectivity index (χ3n) is 4.81. The zero-order valence-electron chi connectivity index (χ0n) is 18.0. The Kier molecular flexibility index (Phi) is 5.68. The van der Waals surface area contributed by atoms with E-state index >= 15 is 0 Å². The van der Waals surface area contributed by atoms with Crippen LogP contribution in [-0.2, 0) is 6.54 Å². The molecule has 4 aromatic rings. The Morgan fingerprint density at radius 1 is 1.16 bits per heavy atom. The number of ether oxygens (including phenoxy) is 1. The van der Waals surface area contributed by atoms with E-state index in [0.717, 1.165) is 22.3 Å². The maximum Gasteiger partial charge on any atom is 0.331 e. The first-order valence-corrected chi connectivity index (χ1v) is 10.1. The van der Waals surface area contributed by atoms with E-state index in [2.05, 4.69) is 25.7 Å². The molecule has 160 valence electrons. The van der Waals surface area contributed by atoms with Gasteiger partial charge in [-0.15, -0.1) is 0 Å². The zero-order valence-corrected chi connectivity index (χ0v) is 18.0. The molecule has 0 saturated carbocycles. The molecular formula is C22H25N7O2. The monoisotopic (exact) mass is 419 g/mol. The SMILES string of the molecule is CNCc1cc(Oc2ccc3c(ccn3C(=O)Nc3cc(C)n(C(C)C)n3)c2)ncn1. The van der Waals surface area contributed by atoms with Crippen molar-refractivity contribution in [3.8, 4) is 11.6 Å². The van der Waals surface area contributed by atoms with Crippen LogP contribution in [0.2, 0.25) is 0 Å². The van der Waals surface area contributed by atoms with Gasteiger partial charge in [-0.2, -0.15) is 5.10 Å². The molecule has 1 amide bonds. The summed E-state index contributed by atoms with van der Waals surface area (Å²) < 4.78 is 9.31. The van der Waals surface area contributed by atoms with Crippen LogP contribution in [0.5, 0.6) is 11.6 Å². The highest BCUT2D eigenvalue weighted by molar-refractivity contribution is 5.98. The lowest BCUT2D eigenvalue weighted by molar-refractivity contribution is 0.254. The summed E-state index contributed by atoms with van der Waals surface area (Å²) in [4.78, 5) is 21.1. The van der Waals surface area contributed by atoms with Crippen molar-refractivity contribution in [2.45, 2.75) is 33.4 Å². The molecule has 9 heteroatoms. The lowest BCUT2D eigenvalue weighted by atomic mass is 10.2. The Labute approximate surface area is 180 Å². The van der Waals surface area contributed by atoms with Crippen molar-refractivity contribution in [1.82, 2.24) is 29.6 Å². The number of carbonyl (C=O) groups excluding carboxylic acids is 1. The standard InChI is InChI=1S/C22H25N7O2/c1-14(2)29-15(3)9-20(27-29)26-22(30)28-8-7-16-10-18(5-6-19(16)28)31-21-11-17(12-23-4)24-13-25-21/h5-11,13-14,23H,12H2,1-4H3,(H,26,27,30). The average Bonchev–Trinajstić information content (AvgIpc) is 3.31. The summed E-state index contributed by atoms with van der Waals surface area (Å²) in [6.07, 6.45) is 3.20. The number of aromatic nitrogens is 5. The Hall–Kier alpha value is -3.72. The molecule has 0 aliphatic heterocycles. The number of amides is 1. The minimum Gasteiger partial charge on any atom is -0.439 e. The quantitative estimate of drug-likeness (QED) is 0.488. The van der Waals surface area contributed by atoms with E-state index in [-0.39, 0.29) is 12.1 Å². The molecule has 31 heavy (non-hydrogen) atoms. The first kappa shape index (κ1) is 20.5. The molecule has 0 saturated heterocycles. The second-order valence-electron chi connectivity index (χ2n) is 7.53. The molecule has 3 aromatic heterocycles. The average molecular weight is 419 g/mol. The molecule has 0 aliphatic rings. The number of fused-ring (bicyclic) bond motifs is 1. The van der Waals surface area contributed by atoms with Crippen LogP contribution in [-0.4, -0.2) is 37.4 Å². The van der Waals surface area contributed by atoms with Crippen LogP contribution in [0.15, 0.2) is 48.9 Å². The number of hydrogen-bond acceptors (Lipinski definition) is 6. The number of aryl methyl sites for hydroxylation is 1. The summed E-state index contributed by atoms with van der Waals surface area (Å²) in [6, 6.07) is 11.0. The van der Waals surface area contributed by atoms with E-state index in [4.69, 9.17) is 4.74 Å². The number of rotatable bonds is 6. The summed E-state index contributed by atoms with van der Waals surface area (Å²) in [5, 5.41) is 11.2. The van der Waals surface area contributed by atoms with Crippen LogP contribution in [0.1, 0.15) is 31.3 Å². The van der Waals surface area contributed by atoms with Crippen LogP contribution in [0, 0.1) is 6.92 Å². The normalized spacial score (nSPS) is 11.3. The Bertz CT molecular complexity index is 1230. The van der Waals surface area contributed by atoms with Crippen molar-refractivity contribution in [3.05, 3.63) is 60.3 Å². The fraction of sp³-hybridized carbons (Fsp3) is 0.273. The molecule has 1 aromatic carbocycles. The van der Waals surface area contributed by atoms with Gasteiger partial charge in [-0.25, -0.2) is 14.8 Å². The summed E-state index contributed by atoms with van der Waals surface area (Å²) in [5.74, 6) is 1.62. The van der Waals surface area contributed by atoms with Crippen LogP contribution in [0.3, 0.4) is 0 Å². The van der Waals surface area contributed by atoms with Gasteiger partial charge in [0.05, 0.1) is 11.2 Å². The van der Waals surface area contributed by atoms with Gasteiger partial charge in [0.15, 0.2) is 5.82 Å². The van der Waals surface area contributed by atoms with Crippen molar-refractivity contribution < 1.29 is 9.53 Å². The summed E-state index contributed by atoms with van der Waals surface area (Å²) in [7, 11) is 1.86. The van der Waals surface area contributed by atoms with Crippen LogP contribution in [0.25, 0.3) is 10.9 Å². The smallest absolute Gasteiger partial charge is 0.331 e. The highest BCUT2D eigenvalue weighted by Gasteiger charge is 2.14. The van der Waals surface area contributed by atoms with Gasteiger partial charge in [0, 0.05) is 42.0 Å². The molecule has 4 rings (SSSR count). The topological polar surface area (TPSA) is 98.9 Å².